The van der Waals surface area contributed by atoms with E-state index in [9.17, 15) is 0 Å². The molecule has 0 aliphatic carbocycles. The Morgan fingerprint density at radius 2 is 1.82 bits per heavy atom. The average Bonchev–Trinajstić information content (AvgIpc) is 2.56. The van der Waals surface area contributed by atoms with Crippen molar-refractivity contribution in [1.29, 1.82) is 5.41 Å². The maximum Gasteiger partial charge on any atom is 0.128 e. The third-order valence-corrected chi connectivity index (χ3v) is 3.77. The molecule has 1 saturated heterocycles. The molecule has 2 aromatic rings. The van der Waals surface area contributed by atoms with E-state index in [2.05, 4.69) is 17.0 Å². The first-order chi connectivity index (χ1) is 10.3. The Bertz CT molecular complexity index is 654. The number of ether oxygens (including phenoxy) is 2. The van der Waals surface area contributed by atoms with Gasteiger partial charge in [-0.2, -0.15) is 0 Å². The van der Waals surface area contributed by atoms with Gasteiger partial charge in [0, 0.05) is 24.0 Å². The summed E-state index contributed by atoms with van der Waals surface area (Å²) in [6, 6.07) is 12.1. The topological polar surface area (TPSA) is 45.5 Å². The van der Waals surface area contributed by atoms with Gasteiger partial charge in [-0.15, -0.1) is 12.4 Å². The molecule has 0 radical (unpaired) electrons. The lowest BCUT2D eigenvalue weighted by Gasteiger charge is -2.29. The van der Waals surface area contributed by atoms with Crippen molar-refractivity contribution in [2.75, 3.05) is 32.9 Å². The van der Waals surface area contributed by atoms with E-state index in [1.165, 1.54) is 0 Å². The van der Waals surface area contributed by atoms with E-state index in [1.807, 2.05) is 31.2 Å². The summed E-state index contributed by atoms with van der Waals surface area (Å²) in [7, 11) is 0. The normalized spacial score (nSPS) is 14.5. The molecule has 0 bridgehead atoms. The number of amidine groups is 1. The van der Waals surface area contributed by atoms with Gasteiger partial charge >= 0.3 is 0 Å². The zero-order valence-electron chi connectivity index (χ0n) is 12.7. The zero-order chi connectivity index (χ0) is 14.7. The molecule has 1 N–H and O–H groups in total. The first-order valence-electron chi connectivity index (χ1n) is 7.37. The molecule has 0 amide bonds. The van der Waals surface area contributed by atoms with Gasteiger partial charge in [0.05, 0.1) is 19.8 Å². The number of hydrogen-bond acceptors (Lipinski definition) is 3. The highest BCUT2D eigenvalue weighted by Crippen LogP contribution is 2.29. The summed E-state index contributed by atoms with van der Waals surface area (Å²) in [4.78, 5) is 2.08. The molecule has 22 heavy (non-hydrogen) atoms. The number of nitrogens with zero attached hydrogens (tertiary/aromatic N) is 1. The number of morpholine rings is 1. The van der Waals surface area contributed by atoms with Crippen LogP contribution in [0.5, 0.6) is 5.75 Å². The van der Waals surface area contributed by atoms with Crippen LogP contribution in [0.25, 0.3) is 10.8 Å². The van der Waals surface area contributed by atoms with E-state index in [1.54, 1.807) is 0 Å². The van der Waals surface area contributed by atoms with E-state index < -0.39 is 0 Å². The molecule has 1 fully saturated rings. The van der Waals surface area contributed by atoms with Crippen molar-refractivity contribution in [3.05, 3.63) is 42.0 Å². The molecule has 0 atom stereocenters. The Kier molecular flexibility index (Phi) is 5.63. The van der Waals surface area contributed by atoms with Crippen LogP contribution in [0.15, 0.2) is 36.4 Å². The number of fused-ring (bicyclic) bond motifs is 1. The molecule has 1 aliphatic rings. The van der Waals surface area contributed by atoms with E-state index in [0.29, 0.717) is 25.7 Å². The second-order valence-corrected chi connectivity index (χ2v) is 5.04. The molecule has 0 unspecified atom stereocenters. The fraction of sp³-hybridized carbons (Fsp3) is 0.353. The Morgan fingerprint density at radius 1 is 1.14 bits per heavy atom. The minimum atomic E-state index is 0. The van der Waals surface area contributed by atoms with E-state index in [-0.39, 0.29) is 12.4 Å². The number of hydrogen-bond donors (Lipinski definition) is 1. The first-order valence-corrected chi connectivity index (χ1v) is 7.37. The molecule has 118 valence electrons. The fourth-order valence-corrected chi connectivity index (χ4v) is 2.72. The molecule has 0 saturated carbocycles. The summed E-state index contributed by atoms with van der Waals surface area (Å²) in [5, 5.41) is 10.6. The van der Waals surface area contributed by atoms with Crippen LogP contribution < -0.4 is 4.74 Å². The van der Waals surface area contributed by atoms with Crippen molar-refractivity contribution in [2.24, 2.45) is 0 Å². The maximum absolute atomic E-state index is 8.51. The summed E-state index contributed by atoms with van der Waals surface area (Å²) in [6.45, 7) is 5.57. The molecular formula is C17H21ClN2O2. The molecular weight excluding hydrogens is 300 g/mol. The third-order valence-electron chi connectivity index (χ3n) is 3.77. The summed E-state index contributed by atoms with van der Waals surface area (Å²) < 4.78 is 11.1. The van der Waals surface area contributed by atoms with Crippen molar-refractivity contribution in [3.8, 4) is 5.75 Å². The van der Waals surface area contributed by atoms with Crippen LogP contribution in [0, 0.1) is 5.41 Å². The number of rotatable bonds is 3. The second-order valence-electron chi connectivity index (χ2n) is 5.04. The standard InChI is InChI=1S/C17H20N2O2.ClH/c1-2-21-16-8-7-15(13-5-3-4-6-14(13)16)17(18)19-9-11-20-12-10-19;/h3-8,18H,2,9-12H2,1H3;1H. The molecule has 2 aromatic carbocycles. The second kappa shape index (κ2) is 7.47. The van der Waals surface area contributed by atoms with Gasteiger partial charge in [0.15, 0.2) is 0 Å². The maximum atomic E-state index is 8.51. The number of halogens is 1. The Morgan fingerprint density at radius 3 is 2.50 bits per heavy atom. The van der Waals surface area contributed by atoms with Crippen LogP contribution in [0.1, 0.15) is 12.5 Å². The van der Waals surface area contributed by atoms with Crippen molar-refractivity contribution in [2.45, 2.75) is 6.92 Å². The quantitative estimate of drug-likeness (QED) is 0.697. The minimum absolute atomic E-state index is 0. The SMILES string of the molecule is CCOc1ccc(C(=N)N2CCOCC2)c2ccccc12.Cl. The van der Waals surface area contributed by atoms with Gasteiger partial charge in [-0.3, -0.25) is 5.41 Å². The lowest BCUT2D eigenvalue weighted by atomic mass is 10.0. The van der Waals surface area contributed by atoms with E-state index in [4.69, 9.17) is 14.9 Å². The molecule has 5 heteroatoms. The van der Waals surface area contributed by atoms with Gasteiger partial charge in [0.25, 0.3) is 0 Å². The highest BCUT2D eigenvalue weighted by molar-refractivity contribution is 6.09. The highest BCUT2D eigenvalue weighted by atomic mass is 35.5. The van der Waals surface area contributed by atoms with Crippen molar-refractivity contribution in [3.63, 3.8) is 0 Å². The molecule has 4 nitrogen and oxygen atoms in total. The minimum Gasteiger partial charge on any atom is -0.493 e. The lowest BCUT2D eigenvalue weighted by molar-refractivity contribution is 0.0680. The molecule has 3 rings (SSSR count). The molecule has 1 heterocycles. The van der Waals surface area contributed by atoms with Crippen molar-refractivity contribution >= 4 is 29.0 Å². The summed E-state index contributed by atoms with van der Waals surface area (Å²) in [6.07, 6.45) is 0. The Balaban J connectivity index is 0.00000176. The summed E-state index contributed by atoms with van der Waals surface area (Å²) in [5.41, 5.74) is 0.955. The van der Waals surface area contributed by atoms with E-state index >= 15 is 0 Å². The zero-order valence-corrected chi connectivity index (χ0v) is 13.5. The van der Waals surface area contributed by atoms with Gasteiger partial charge in [-0.1, -0.05) is 24.3 Å². The Hall–Kier alpha value is -1.78. The summed E-state index contributed by atoms with van der Waals surface area (Å²) >= 11 is 0. The predicted molar refractivity (Wildman–Crippen MR) is 91.6 cm³/mol. The van der Waals surface area contributed by atoms with Crippen molar-refractivity contribution in [1.82, 2.24) is 4.90 Å². The van der Waals surface area contributed by atoms with Crippen LogP contribution in [0.3, 0.4) is 0 Å². The van der Waals surface area contributed by atoms with Gasteiger partial charge in [0.2, 0.25) is 0 Å². The third kappa shape index (κ3) is 3.18. The smallest absolute Gasteiger partial charge is 0.128 e. The number of nitrogens with one attached hydrogen (secondary N) is 1. The predicted octanol–water partition coefficient (Wildman–Crippen LogP) is 3.32. The highest BCUT2D eigenvalue weighted by Gasteiger charge is 2.18. The van der Waals surface area contributed by atoms with Crippen LogP contribution in [0.2, 0.25) is 0 Å². The van der Waals surface area contributed by atoms with E-state index in [0.717, 1.165) is 35.2 Å². The molecule has 1 aliphatic heterocycles. The summed E-state index contributed by atoms with van der Waals surface area (Å²) in [5.74, 6) is 1.45. The monoisotopic (exact) mass is 320 g/mol. The largest absolute Gasteiger partial charge is 0.493 e. The first kappa shape index (κ1) is 16.6. The van der Waals surface area contributed by atoms with Gasteiger partial charge in [0.1, 0.15) is 11.6 Å². The average molecular weight is 321 g/mol. The van der Waals surface area contributed by atoms with Crippen LogP contribution >= 0.6 is 12.4 Å². The number of benzene rings is 2. The van der Waals surface area contributed by atoms with Crippen molar-refractivity contribution < 1.29 is 9.47 Å². The Labute approximate surface area is 136 Å². The van der Waals surface area contributed by atoms with Gasteiger partial charge in [-0.05, 0) is 24.4 Å². The lowest BCUT2D eigenvalue weighted by Crippen LogP contribution is -2.40. The molecule has 0 aromatic heterocycles. The van der Waals surface area contributed by atoms with Gasteiger partial charge < -0.3 is 14.4 Å². The van der Waals surface area contributed by atoms with Crippen LogP contribution in [-0.4, -0.2) is 43.6 Å². The fourth-order valence-electron chi connectivity index (χ4n) is 2.72. The van der Waals surface area contributed by atoms with Crippen LogP contribution in [0.4, 0.5) is 0 Å². The van der Waals surface area contributed by atoms with Crippen LogP contribution in [-0.2, 0) is 4.74 Å². The van der Waals surface area contributed by atoms with Gasteiger partial charge in [-0.25, -0.2) is 0 Å². The molecule has 0 spiro atoms.